The van der Waals surface area contributed by atoms with Gasteiger partial charge in [0.2, 0.25) is 0 Å². The second-order valence-electron chi connectivity index (χ2n) is 7.16. The molecule has 1 aromatic carbocycles. The maximum absolute atomic E-state index is 3.35. The van der Waals surface area contributed by atoms with Gasteiger partial charge in [0.25, 0.3) is 0 Å². The van der Waals surface area contributed by atoms with Crippen LogP contribution in [0.4, 0.5) is 0 Å². The Bertz CT molecular complexity index is 385. The molecule has 0 saturated heterocycles. The molecule has 1 nitrogen and oxygen atoms in total. The smallest absolute Gasteiger partial charge is 0.00208 e. The highest BCUT2D eigenvalue weighted by Crippen LogP contribution is 2.34. The normalized spacial score (nSPS) is 23.8. The van der Waals surface area contributed by atoms with Crippen LogP contribution in [0.25, 0.3) is 0 Å². The number of rotatable bonds is 4. The van der Waals surface area contributed by atoms with E-state index in [0.717, 1.165) is 11.8 Å². The summed E-state index contributed by atoms with van der Waals surface area (Å²) < 4.78 is 0. The van der Waals surface area contributed by atoms with Gasteiger partial charge in [0.15, 0.2) is 0 Å². The van der Waals surface area contributed by atoms with Gasteiger partial charge in [-0.2, -0.15) is 0 Å². The van der Waals surface area contributed by atoms with Crippen LogP contribution in [-0.4, -0.2) is 13.6 Å². The first-order chi connectivity index (χ1) is 9.00. The van der Waals surface area contributed by atoms with E-state index < -0.39 is 0 Å². The molecule has 19 heavy (non-hydrogen) atoms. The van der Waals surface area contributed by atoms with Crippen molar-refractivity contribution in [3.63, 3.8) is 0 Å². The molecular formula is C18H29N. The lowest BCUT2D eigenvalue weighted by Gasteiger charge is -2.21. The Kier molecular flexibility index (Phi) is 4.67. The van der Waals surface area contributed by atoms with Crippen molar-refractivity contribution >= 4 is 0 Å². The first-order valence-corrected chi connectivity index (χ1v) is 7.74. The van der Waals surface area contributed by atoms with E-state index in [1.54, 1.807) is 0 Å². The highest BCUT2D eigenvalue weighted by molar-refractivity contribution is 5.27. The zero-order chi connectivity index (χ0) is 13.9. The molecule has 1 aliphatic rings. The summed E-state index contributed by atoms with van der Waals surface area (Å²) in [7, 11) is 2.08. The SMILES string of the molecule is CNCC1CCCC1Cc1ccc(C(C)(C)C)cc1. The summed E-state index contributed by atoms with van der Waals surface area (Å²) in [6.07, 6.45) is 5.49. The first kappa shape index (κ1) is 14.6. The third kappa shape index (κ3) is 3.82. The predicted molar refractivity (Wildman–Crippen MR) is 83.6 cm³/mol. The minimum atomic E-state index is 0.264. The number of benzene rings is 1. The predicted octanol–water partition coefficient (Wildman–Crippen LogP) is 4.16. The summed E-state index contributed by atoms with van der Waals surface area (Å²) in [5.41, 5.74) is 3.22. The molecule has 1 heteroatoms. The summed E-state index contributed by atoms with van der Waals surface area (Å²) >= 11 is 0. The molecule has 2 atom stereocenters. The molecule has 1 fully saturated rings. The topological polar surface area (TPSA) is 12.0 Å². The number of hydrogen-bond acceptors (Lipinski definition) is 1. The van der Waals surface area contributed by atoms with Crippen molar-refractivity contribution < 1.29 is 0 Å². The summed E-state index contributed by atoms with van der Waals surface area (Å²) in [6.45, 7) is 8.02. The van der Waals surface area contributed by atoms with Crippen molar-refractivity contribution in [1.29, 1.82) is 0 Å². The molecule has 0 aliphatic heterocycles. The molecule has 1 aliphatic carbocycles. The Morgan fingerprint density at radius 1 is 1.05 bits per heavy atom. The van der Waals surface area contributed by atoms with E-state index in [9.17, 15) is 0 Å². The fourth-order valence-electron chi connectivity index (χ4n) is 3.36. The highest BCUT2D eigenvalue weighted by Gasteiger charge is 2.26. The summed E-state index contributed by atoms with van der Waals surface area (Å²) in [5, 5.41) is 3.35. The van der Waals surface area contributed by atoms with Crippen LogP contribution in [0.5, 0.6) is 0 Å². The summed E-state index contributed by atoms with van der Waals surface area (Å²) in [4.78, 5) is 0. The van der Waals surface area contributed by atoms with Crippen molar-refractivity contribution in [2.75, 3.05) is 13.6 Å². The van der Waals surface area contributed by atoms with Gasteiger partial charge in [-0.1, -0.05) is 51.5 Å². The molecule has 2 unspecified atom stereocenters. The molecule has 0 bridgehead atoms. The first-order valence-electron chi connectivity index (χ1n) is 7.74. The molecule has 0 amide bonds. The average Bonchev–Trinajstić information content (AvgIpc) is 2.77. The quantitative estimate of drug-likeness (QED) is 0.856. The molecule has 106 valence electrons. The van der Waals surface area contributed by atoms with Gasteiger partial charge < -0.3 is 5.32 Å². The van der Waals surface area contributed by atoms with E-state index in [1.807, 2.05) is 0 Å². The molecule has 2 rings (SSSR count). The highest BCUT2D eigenvalue weighted by atomic mass is 14.8. The van der Waals surface area contributed by atoms with Crippen molar-refractivity contribution in [1.82, 2.24) is 5.32 Å². The van der Waals surface area contributed by atoms with Gasteiger partial charge in [0.05, 0.1) is 0 Å². The standard InChI is InChI=1S/C18H29N/c1-18(2,3)17-10-8-14(9-11-17)12-15-6-5-7-16(15)13-19-4/h8-11,15-16,19H,5-7,12-13H2,1-4H3. The lowest BCUT2D eigenvalue weighted by molar-refractivity contribution is 0.374. The van der Waals surface area contributed by atoms with Crippen LogP contribution in [0, 0.1) is 11.8 Å². The van der Waals surface area contributed by atoms with E-state index in [1.165, 1.54) is 43.4 Å². The van der Waals surface area contributed by atoms with E-state index in [4.69, 9.17) is 0 Å². The summed E-state index contributed by atoms with van der Waals surface area (Å²) in [6, 6.07) is 9.32. The van der Waals surface area contributed by atoms with Crippen LogP contribution in [0.15, 0.2) is 24.3 Å². The van der Waals surface area contributed by atoms with Gasteiger partial charge >= 0.3 is 0 Å². The largest absolute Gasteiger partial charge is 0.319 e. The van der Waals surface area contributed by atoms with Gasteiger partial charge in [-0.25, -0.2) is 0 Å². The molecule has 0 heterocycles. The van der Waals surface area contributed by atoms with E-state index >= 15 is 0 Å². The lowest BCUT2D eigenvalue weighted by atomic mass is 9.85. The Balaban J connectivity index is 1.99. The van der Waals surface area contributed by atoms with Gasteiger partial charge in [0, 0.05) is 0 Å². The zero-order valence-electron chi connectivity index (χ0n) is 13.0. The van der Waals surface area contributed by atoms with Gasteiger partial charge in [-0.05, 0) is 61.2 Å². The van der Waals surface area contributed by atoms with Crippen molar-refractivity contribution in [2.24, 2.45) is 11.8 Å². The van der Waals surface area contributed by atoms with E-state index in [-0.39, 0.29) is 5.41 Å². The molecule has 0 aromatic heterocycles. The van der Waals surface area contributed by atoms with Gasteiger partial charge in [-0.15, -0.1) is 0 Å². The minimum Gasteiger partial charge on any atom is -0.319 e. The third-order valence-corrected chi connectivity index (χ3v) is 4.60. The number of hydrogen-bond donors (Lipinski definition) is 1. The van der Waals surface area contributed by atoms with Crippen molar-refractivity contribution in [2.45, 2.75) is 51.9 Å². The van der Waals surface area contributed by atoms with E-state index in [0.29, 0.717) is 0 Å². The Morgan fingerprint density at radius 2 is 1.68 bits per heavy atom. The molecule has 1 N–H and O–H groups in total. The molecule has 1 aromatic rings. The second-order valence-corrected chi connectivity index (χ2v) is 7.16. The molecular weight excluding hydrogens is 230 g/mol. The Hall–Kier alpha value is -0.820. The minimum absolute atomic E-state index is 0.264. The Morgan fingerprint density at radius 3 is 2.26 bits per heavy atom. The van der Waals surface area contributed by atoms with Crippen molar-refractivity contribution in [3.8, 4) is 0 Å². The van der Waals surface area contributed by atoms with Crippen LogP contribution in [0.2, 0.25) is 0 Å². The maximum Gasteiger partial charge on any atom is -0.00208 e. The van der Waals surface area contributed by atoms with Crippen LogP contribution in [0.1, 0.15) is 51.2 Å². The van der Waals surface area contributed by atoms with Crippen LogP contribution in [-0.2, 0) is 11.8 Å². The zero-order valence-corrected chi connectivity index (χ0v) is 13.0. The third-order valence-electron chi connectivity index (χ3n) is 4.60. The molecule has 1 saturated carbocycles. The fraction of sp³-hybridized carbons (Fsp3) is 0.667. The lowest BCUT2D eigenvalue weighted by Crippen LogP contribution is -2.23. The monoisotopic (exact) mass is 259 g/mol. The summed E-state index contributed by atoms with van der Waals surface area (Å²) in [5.74, 6) is 1.76. The van der Waals surface area contributed by atoms with Crippen molar-refractivity contribution in [3.05, 3.63) is 35.4 Å². The maximum atomic E-state index is 3.35. The second kappa shape index (κ2) is 6.09. The Labute approximate surface area is 118 Å². The van der Waals surface area contributed by atoms with Gasteiger partial charge in [-0.3, -0.25) is 0 Å². The fourth-order valence-corrected chi connectivity index (χ4v) is 3.36. The number of nitrogens with one attached hydrogen (secondary N) is 1. The van der Waals surface area contributed by atoms with Crippen LogP contribution in [0.3, 0.4) is 0 Å². The molecule has 0 radical (unpaired) electrons. The van der Waals surface area contributed by atoms with Crippen LogP contribution >= 0.6 is 0 Å². The van der Waals surface area contributed by atoms with Crippen LogP contribution < -0.4 is 5.32 Å². The molecule has 0 spiro atoms. The average molecular weight is 259 g/mol. The van der Waals surface area contributed by atoms with Gasteiger partial charge in [0.1, 0.15) is 0 Å². The van der Waals surface area contributed by atoms with E-state index in [2.05, 4.69) is 57.4 Å².